The minimum absolute atomic E-state index is 0.0805. The summed E-state index contributed by atoms with van der Waals surface area (Å²) >= 11 is 5.65. The van der Waals surface area contributed by atoms with E-state index in [2.05, 4.69) is 24.9 Å². The standard InChI is InChI=1S/C17H21ClFN5O2S/c1-12-22-16(11-17(23-12)24-8-2-3-9-24)20-6-7-21-27(25,26)13-4-5-15(19)14(18)10-13/h4-5,10-11,21H,2-3,6-9H2,1H3,(H,20,22,23). The van der Waals surface area contributed by atoms with E-state index in [0.717, 1.165) is 43.9 Å². The smallest absolute Gasteiger partial charge is 0.240 e. The minimum atomic E-state index is -3.77. The maximum atomic E-state index is 13.2. The Balaban J connectivity index is 1.57. The van der Waals surface area contributed by atoms with E-state index in [9.17, 15) is 12.8 Å². The fourth-order valence-corrected chi connectivity index (χ4v) is 4.16. The van der Waals surface area contributed by atoms with Gasteiger partial charge >= 0.3 is 0 Å². The lowest BCUT2D eigenvalue weighted by Crippen LogP contribution is -2.29. The second-order valence-electron chi connectivity index (χ2n) is 6.25. The summed E-state index contributed by atoms with van der Waals surface area (Å²) in [5.74, 6) is 1.52. The van der Waals surface area contributed by atoms with Gasteiger partial charge in [-0.1, -0.05) is 11.6 Å². The van der Waals surface area contributed by atoms with E-state index in [-0.39, 0.29) is 16.5 Å². The number of hydrogen-bond acceptors (Lipinski definition) is 6. The number of benzene rings is 1. The first-order chi connectivity index (χ1) is 12.8. The molecule has 0 radical (unpaired) electrons. The van der Waals surface area contributed by atoms with Crippen molar-refractivity contribution in [3.8, 4) is 0 Å². The maximum Gasteiger partial charge on any atom is 0.240 e. The van der Waals surface area contributed by atoms with E-state index >= 15 is 0 Å². The number of aromatic nitrogens is 2. The van der Waals surface area contributed by atoms with Crippen LogP contribution in [0.15, 0.2) is 29.2 Å². The number of halogens is 2. The van der Waals surface area contributed by atoms with Crippen LogP contribution in [0, 0.1) is 12.7 Å². The zero-order valence-electron chi connectivity index (χ0n) is 14.9. The molecule has 2 heterocycles. The quantitative estimate of drug-likeness (QED) is 0.678. The minimum Gasteiger partial charge on any atom is -0.369 e. The molecule has 1 aromatic carbocycles. The summed E-state index contributed by atoms with van der Waals surface area (Å²) in [7, 11) is -3.77. The first kappa shape index (κ1) is 19.8. The normalized spacial score (nSPS) is 14.6. The van der Waals surface area contributed by atoms with Gasteiger partial charge in [-0.3, -0.25) is 0 Å². The number of rotatable bonds is 7. The first-order valence-electron chi connectivity index (χ1n) is 8.64. The summed E-state index contributed by atoms with van der Waals surface area (Å²) in [6, 6.07) is 5.15. The van der Waals surface area contributed by atoms with Gasteiger partial charge in [0.1, 0.15) is 23.3 Å². The van der Waals surface area contributed by atoms with Gasteiger partial charge in [0.05, 0.1) is 9.92 Å². The number of nitrogens with one attached hydrogen (secondary N) is 2. The van der Waals surface area contributed by atoms with Crippen LogP contribution in [-0.2, 0) is 10.0 Å². The summed E-state index contributed by atoms with van der Waals surface area (Å²) in [5.41, 5.74) is 0. The van der Waals surface area contributed by atoms with Crippen molar-refractivity contribution >= 4 is 33.3 Å². The molecule has 27 heavy (non-hydrogen) atoms. The van der Waals surface area contributed by atoms with Crippen molar-refractivity contribution in [3.05, 3.63) is 40.9 Å². The lowest BCUT2D eigenvalue weighted by atomic mass is 10.3. The van der Waals surface area contributed by atoms with Crippen LogP contribution in [0.4, 0.5) is 16.0 Å². The Hall–Kier alpha value is -1.97. The molecule has 1 saturated heterocycles. The molecular weight excluding hydrogens is 393 g/mol. The fraction of sp³-hybridized carbons (Fsp3) is 0.412. The highest BCUT2D eigenvalue weighted by molar-refractivity contribution is 7.89. The van der Waals surface area contributed by atoms with Crippen molar-refractivity contribution in [1.29, 1.82) is 0 Å². The summed E-state index contributed by atoms with van der Waals surface area (Å²) in [6.45, 7) is 4.26. The molecule has 10 heteroatoms. The summed E-state index contributed by atoms with van der Waals surface area (Å²) in [5, 5.41) is 2.87. The van der Waals surface area contributed by atoms with Gasteiger partial charge in [0.2, 0.25) is 10.0 Å². The fourth-order valence-electron chi connectivity index (χ4n) is 2.85. The van der Waals surface area contributed by atoms with E-state index in [0.29, 0.717) is 18.2 Å². The third kappa shape index (κ3) is 5.06. The van der Waals surface area contributed by atoms with Gasteiger partial charge < -0.3 is 10.2 Å². The maximum absolute atomic E-state index is 13.2. The molecule has 0 spiro atoms. The summed E-state index contributed by atoms with van der Waals surface area (Å²) in [4.78, 5) is 10.9. The second kappa shape index (κ2) is 8.37. The molecule has 1 aliphatic rings. The molecule has 0 unspecified atom stereocenters. The van der Waals surface area contributed by atoms with Crippen molar-refractivity contribution in [2.45, 2.75) is 24.7 Å². The zero-order chi connectivity index (χ0) is 19.4. The molecule has 0 amide bonds. The van der Waals surface area contributed by atoms with Crippen molar-refractivity contribution in [2.75, 3.05) is 36.4 Å². The molecule has 146 valence electrons. The Kier molecular flexibility index (Phi) is 6.13. The SMILES string of the molecule is Cc1nc(NCCNS(=O)(=O)c2ccc(F)c(Cl)c2)cc(N2CCCC2)n1. The van der Waals surface area contributed by atoms with Gasteiger partial charge in [0.25, 0.3) is 0 Å². The average molecular weight is 414 g/mol. The number of hydrogen-bond donors (Lipinski definition) is 2. The van der Waals surface area contributed by atoms with E-state index in [1.165, 1.54) is 6.07 Å². The molecule has 1 fully saturated rings. The van der Waals surface area contributed by atoms with Crippen LogP contribution in [0.1, 0.15) is 18.7 Å². The van der Waals surface area contributed by atoms with Gasteiger partial charge in [-0.05, 0) is 38.0 Å². The molecule has 2 aromatic rings. The molecule has 7 nitrogen and oxygen atoms in total. The molecule has 0 saturated carbocycles. The van der Waals surface area contributed by atoms with Crippen LogP contribution in [-0.4, -0.2) is 44.6 Å². The van der Waals surface area contributed by atoms with Crippen molar-refractivity contribution in [1.82, 2.24) is 14.7 Å². The van der Waals surface area contributed by atoms with Gasteiger partial charge in [-0.25, -0.2) is 27.5 Å². The second-order valence-corrected chi connectivity index (χ2v) is 8.43. The predicted molar refractivity (Wildman–Crippen MR) is 103 cm³/mol. The van der Waals surface area contributed by atoms with E-state index in [1.54, 1.807) is 0 Å². The molecule has 1 aliphatic heterocycles. The third-order valence-corrected chi connectivity index (χ3v) is 5.93. The lowest BCUT2D eigenvalue weighted by molar-refractivity contribution is 0.582. The Morgan fingerprint density at radius 3 is 2.63 bits per heavy atom. The molecule has 2 N–H and O–H groups in total. The Bertz CT molecular complexity index is 920. The van der Waals surface area contributed by atoms with Crippen LogP contribution in [0.2, 0.25) is 5.02 Å². The van der Waals surface area contributed by atoms with Gasteiger partial charge in [-0.2, -0.15) is 0 Å². The topological polar surface area (TPSA) is 87.2 Å². The molecule has 3 rings (SSSR count). The van der Waals surface area contributed by atoms with E-state index < -0.39 is 15.8 Å². The van der Waals surface area contributed by atoms with Crippen LogP contribution in [0.3, 0.4) is 0 Å². The van der Waals surface area contributed by atoms with Crippen LogP contribution in [0.25, 0.3) is 0 Å². The van der Waals surface area contributed by atoms with Gasteiger partial charge in [0.15, 0.2) is 0 Å². The molecule has 0 bridgehead atoms. The molecular formula is C17H21ClFN5O2S. The van der Waals surface area contributed by atoms with Crippen LogP contribution in [0.5, 0.6) is 0 Å². The van der Waals surface area contributed by atoms with E-state index in [1.807, 2.05) is 13.0 Å². The number of nitrogens with zero attached hydrogens (tertiary/aromatic N) is 3. The van der Waals surface area contributed by atoms with E-state index in [4.69, 9.17) is 11.6 Å². The zero-order valence-corrected chi connectivity index (χ0v) is 16.4. The Morgan fingerprint density at radius 1 is 1.19 bits per heavy atom. The van der Waals surface area contributed by atoms with Crippen molar-refractivity contribution < 1.29 is 12.8 Å². The first-order valence-corrected chi connectivity index (χ1v) is 10.5. The molecule has 0 atom stereocenters. The highest BCUT2D eigenvalue weighted by Crippen LogP contribution is 2.21. The lowest BCUT2D eigenvalue weighted by Gasteiger charge is -2.17. The predicted octanol–water partition coefficient (Wildman–Crippen LogP) is 2.57. The van der Waals surface area contributed by atoms with Crippen molar-refractivity contribution in [3.63, 3.8) is 0 Å². The Morgan fingerprint density at radius 2 is 1.93 bits per heavy atom. The summed E-state index contributed by atoms with van der Waals surface area (Å²) < 4.78 is 40.1. The molecule has 1 aromatic heterocycles. The largest absolute Gasteiger partial charge is 0.369 e. The highest BCUT2D eigenvalue weighted by atomic mass is 35.5. The van der Waals surface area contributed by atoms with Crippen LogP contribution < -0.4 is 14.9 Å². The van der Waals surface area contributed by atoms with Gasteiger partial charge in [-0.15, -0.1) is 0 Å². The highest BCUT2D eigenvalue weighted by Gasteiger charge is 2.16. The monoisotopic (exact) mass is 413 g/mol. The Labute approximate surface area is 163 Å². The van der Waals surface area contributed by atoms with Gasteiger partial charge in [0, 0.05) is 32.2 Å². The summed E-state index contributed by atoms with van der Waals surface area (Å²) in [6.07, 6.45) is 2.31. The molecule has 0 aliphatic carbocycles. The van der Waals surface area contributed by atoms with Crippen LogP contribution >= 0.6 is 11.6 Å². The number of anilines is 2. The third-order valence-electron chi connectivity index (χ3n) is 4.18. The van der Waals surface area contributed by atoms with Crippen molar-refractivity contribution in [2.24, 2.45) is 0 Å². The number of sulfonamides is 1. The average Bonchev–Trinajstić information content (AvgIpc) is 3.15. The number of aryl methyl sites for hydroxylation is 1.